The van der Waals surface area contributed by atoms with E-state index in [9.17, 15) is 0 Å². The van der Waals surface area contributed by atoms with Crippen molar-refractivity contribution in [3.8, 4) is 0 Å². The van der Waals surface area contributed by atoms with Crippen LogP contribution in [0.4, 0.5) is 0 Å². The molecule has 1 fully saturated rings. The molecular formula is C19H23N. The van der Waals surface area contributed by atoms with Crippen molar-refractivity contribution in [2.75, 3.05) is 0 Å². The van der Waals surface area contributed by atoms with Crippen LogP contribution >= 0.6 is 0 Å². The lowest BCUT2D eigenvalue weighted by Gasteiger charge is -2.26. The monoisotopic (exact) mass is 265 g/mol. The average molecular weight is 265 g/mol. The highest BCUT2D eigenvalue weighted by atomic mass is 14.6. The minimum atomic E-state index is -0.0234. The summed E-state index contributed by atoms with van der Waals surface area (Å²) in [6, 6.07) is 15.4. The minimum Gasteiger partial charge on any atom is -0.320 e. The van der Waals surface area contributed by atoms with E-state index >= 15 is 0 Å². The maximum absolute atomic E-state index is 6.41. The summed E-state index contributed by atoms with van der Waals surface area (Å²) in [5, 5.41) is 0. The van der Waals surface area contributed by atoms with Crippen molar-refractivity contribution in [3.63, 3.8) is 0 Å². The summed E-state index contributed by atoms with van der Waals surface area (Å²) in [6.45, 7) is 4.28. The first-order valence-corrected chi connectivity index (χ1v) is 7.58. The van der Waals surface area contributed by atoms with Gasteiger partial charge in [-0.1, -0.05) is 48.9 Å². The number of nitrogens with two attached hydrogens (primary N) is 1. The molecule has 0 radical (unpaired) electrons. The third-order valence-electron chi connectivity index (χ3n) is 4.76. The SMILES string of the molecule is Cc1ccc(C(N)c2ccc(C3CCC3)cc2)cc1C. The van der Waals surface area contributed by atoms with Crippen LogP contribution in [0, 0.1) is 13.8 Å². The Morgan fingerprint density at radius 1 is 0.900 bits per heavy atom. The highest BCUT2D eigenvalue weighted by Gasteiger charge is 2.19. The molecule has 1 aliphatic rings. The summed E-state index contributed by atoms with van der Waals surface area (Å²) in [6.07, 6.45) is 4.08. The Morgan fingerprint density at radius 2 is 1.55 bits per heavy atom. The van der Waals surface area contributed by atoms with Gasteiger partial charge in [0.05, 0.1) is 6.04 Å². The van der Waals surface area contributed by atoms with E-state index in [1.54, 1.807) is 0 Å². The van der Waals surface area contributed by atoms with Gasteiger partial charge in [0.2, 0.25) is 0 Å². The quantitative estimate of drug-likeness (QED) is 0.861. The van der Waals surface area contributed by atoms with Gasteiger partial charge in [0.1, 0.15) is 0 Å². The van der Waals surface area contributed by atoms with E-state index in [1.165, 1.54) is 47.1 Å². The van der Waals surface area contributed by atoms with Crippen LogP contribution < -0.4 is 5.73 Å². The van der Waals surface area contributed by atoms with Crippen molar-refractivity contribution in [1.82, 2.24) is 0 Å². The van der Waals surface area contributed by atoms with Crippen molar-refractivity contribution in [2.24, 2.45) is 5.73 Å². The highest BCUT2D eigenvalue weighted by Crippen LogP contribution is 2.36. The second-order valence-electron chi connectivity index (χ2n) is 6.12. The second-order valence-corrected chi connectivity index (χ2v) is 6.12. The lowest BCUT2D eigenvalue weighted by Crippen LogP contribution is -2.13. The van der Waals surface area contributed by atoms with E-state index in [2.05, 4.69) is 56.3 Å². The molecular weight excluding hydrogens is 242 g/mol. The Labute approximate surface area is 121 Å². The van der Waals surface area contributed by atoms with Crippen LogP contribution in [0.5, 0.6) is 0 Å². The third kappa shape index (κ3) is 2.51. The predicted octanol–water partition coefficient (Wildman–Crippen LogP) is 4.62. The minimum absolute atomic E-state index is 0.0234. The van der Waals surface area contributed by atoms with Crippen LogP contribution in [0.15, 0.2) is 42.5 Å². The largest absolute Gasteiger partial charge is 0.320 e. The Bertz CT molecular complexity index is 594. The van der Waals surface area contributed by atoms with Crippen LogP contribution in [0.3, 0.4) is 0 Å². The molecule has 0 saturated heterocycles. The van der Waals surface area contributed by atoms with Crippen LogP contribution in [0.25, 0.3) is 0 Å². The first-order valence-electron chi connectivity index (χ1n) is 7.58. The van der Waals surface area contributed by atoms with Gasteiger partial charge in [0.25, 0.3) is 0 Å². The molecule has 1 nitrogen and oxygen atoms in total. The molecule has 1 atom stereocenters. The number of aryl methyl sites for hydroxylation is 2. The van der Waals surface area contributed by atoms with Crippen molar-refractivity contribution in [1.29, 1.82) is 0 Å². The van der Waals surface area contributed by atoms with Crippen LogP contribution in [-0.2, 0) is 0 Å². The van der Waals surface area contributed by atoms with E-state index in [0.717, 1.165) is 5.92 Å². The predicted molar refractivity (Wildman–Crippen MR) is 85.0 cm³/mol. The van der Waals surface area contributed by atoms with Gasteiger partial charge in [-0.3, -0.25) is 0 Å². The van der Waals surface area contributed by atoms with E-state index in [-0.39, 0.29) is 6.04 Å². The van der Waals surface area contributed by atoms with Gasteiger partial charge in [-0.2, -0.15) is 0 Å². The molecule has 1 heteroatoms. The second kappa shape index (κ2) is 5.41. The molecule has 0 spiro atoms. The van der Waals surface area contributed by atoms with Gasteiger partial charge in [-0.15, -0.1) is 0 Å². The Hall–Kier alpha value is -1.60. The van der Waals surface area contributed by atoms with E-state index in [4.69, 9.17) is 5.73 Å². The first-order chi connectivity index (χ1) is 9.65. The van der Waals surface area contributed by atoms with Gasteiger partial charge < -0.3 is 5.73 Å². The lowest BCUT2D eigenvalue weighted by molar-refractivity contribution is 0.419. The molecule has 3 rings (SSSR count). The molecule has 1 aliphatic carbocycles. The molecule has 0 heterocycles. The first kappa shape index (κ1) is 13.4. The molecule has 2 N–H and O–H groups in total. The number of hydrogen-bond acceptors (Lipinski definition) is 1. The summed E-state index contributed by atoms with van der Waals surface area (Å²) in [4.78, 5) is 0. The summed E-state index contributed by atoms with van der Waals surface area (Å²) in [5.74, 6) is 0.793. The number of benzene rings is 2. The fraction of sp³-hybridized carbons (Fsp3) is 0.368. The average Bonchev–Trinajstić information content (AvgIpc) is 2.40. The standard InChI is InChI=1S/C19H23N/c1-13-6-7-18(12-14(13)2)19(20)17-10-8-16(9-11-17)15-4-3-5-15/h6-12,15,19H,3-5,20H2,1-2H3. The third-order valence-corrected chi connectivity index (χ3v) is 4.76. The summed E-state index contributed by atoms with van der Waals surface area (Å²) >= 11 is 0. The molecule has 1 unspecified atom stereocenters. The zero-order valence-electron chi connectivity index (χ0n) is 12.4. The highest BCUT2D eigenvalue weighted by molar-refractivity contribution is 5.38. The molecule has 1 saturated carbocycles. The van der Waals surface area contributed by atoms with Crippen molar-refractivity contribution < 1.29 is 0 Å². The molecule has 2 aromatic rings. The van der Waals surface area contributed by atoms with Gasteiger partial charge in [0, 0.05) is 0 Å². The van der Waals surface area contributed by atoms with Crippen molar-refractivity contribution in [3.05, 3.63) is 70.3 Å². The topological polar surface area (TPSA) is 26.0 Å². The Morgan fingerprint density at radius 3 is 2.10 bits per heavy atom. The summed E-state index contributed by atoms with van der Waals surface area (Å²) in [7, 11) is 0. The molecule has 0 aliphatic heterocycles. The smallest absolute Gasteiger partial charge is 0.0551 e. The Kier molecular flexibility index (Phi) is 3.62. The fourth-order valence-electron chi connectivity index (χ4n) is 2.87. The van der Waals surface area contributed by atoms with Gasteiger partial charge in [-0.25, -0.2) is 0 Å². The van der Waals surface area contributed by atoms with Gasteiger partial charge in [0.15, 0.2) is 0 Å². The van der Waals surface area contributed by atoms with Gasteiger partial charge >= 0.3 is 0 Å². The van der Waals surface area contributed by atoms with E-state index in [1.807, 2.05) is 0 Å². The van der Waals surface area contributed by atoms with Crippen LogP contribution in [0.1, 0.15) is 59.0 Å². The van der Waals surface area contributed by atoms with Crippen LogP contribution in [0.2, 0.25) is 0 Å². The maximum Gasteiger partial charge on any atom is 0.0551 e. The number of hydrogen-bond donors (Lipinski definition) is 1. The molecule has 20 heavy (non-hydrogen) atoms. The van der Waals surface area contributed by atoms with Crippen molar-refractivity contribution >= 4 is 0 Å². The Balaban J connectivity index is 1.82. The fourth-order valence-corrected chi connectivity index (χ4v) is 2.87. The lowest BCUT2D eigenvalue weighted by atomic mass is 9.79. The zero-order chi connectivity index (χ0) is 14.1. The van der Waals surface area contributed by atoms with Crippen LogP contribution in [-0.4, -0.2) is 0 Å². The number of rotatable bonds is 3. The molecule has 104 valence electrons. The molecule has 2 aromatic carbocycles. The van der Waals surface area contributed by atoms with Gasteiger partial charge in [-0.05, 0) is 60.4 Å². The maximum atomic E-state index is 6.41. The van der Waals surface area contributed by atoms with E-state index < -0.39 is 0 Å². The summed E-state index contributed by atoms with van der Waals surface area (Å²) < 4.78 is 0. The summed E-state index contributed by atoms with van der Waals surface area (Å²) in [5.41, 5.74) is 12.9. The normalized spacial score (nSPS) is 16.8. The molecule has 0 aromatic heterocycles. The zero-order valence-corrected chi connectivity index (χ0v) is 12.4. The van der Waals surface area contributed by atoms with E-state index in [0.29, 0.717) is 0 Å². The molecule has 0 amide bonds. The molecule has 0 bridgehead atoms. The van der Waals surface area contributed by atoms with Crippen molar-refractivity contribution in [2.45, 2.75) is 45.1 Å².